The number of benzene rings is 2. The summed E-state index contributed by atoms with van der Waals surface area (Å²) in [7, 11) is 0. The van der Waals surface area contributed by atoms with Crippen molar-refractivity contribution in [1.29, 1.82) is 0 Å². The zero-order valence-corrected chi connectivity index (χ0v) is 11.8. The quantitative estimate of drug-likeness (QED) is 0.555. The predicted octanol–water partition coefficient (Wildman–Crippen LogP) is 2.79. The van der Waals surface area contributed by atoms with Gasteiger partial charge in [0.15, 0.2) is 0 Å². The van der Waals surface area contributed by atoms with E-state index >= 15 is 0 Å². The fourth-order valence-corrected chi connectivity index (χ4v) is 2.65. The van der Waals surface area contributed by atoms with E-state index in [9.17, 15) is 0 Å². The van der Waals surface area contributed by atoms with Crippen LogP contribution in [0.15, 0.2) is 59.1 Å². The Morgan fingerprint density at radius 2 is 1.56 bits per heavy atom. The third-order valence-corrected chi connectivity index (χ3v) is 3.97. The molecule has 0 heterocycles. The molecule has 0 aromatic heterocycles. The molecular weight excluding hydrogens is 327 g/mol. The van der Waals surface area contributed by atoms with Crippen LogP contribution in [-0.4, -0.2) is 15.0 Å². The van der Waals surface area contributed by atoms with Crippen molar-refractivity contribution in [3.8, 4) is 10.7 Å². The van der Waals surface area contributed by atoms with Gasteiger partial charge >= 0.3 is 111 Å². The second-order valence-corrected chi connectivity index (χ2v) is 5.91. The molecule has 2 aromatic rings. The first-order valence-electron chi connectivity index (χ1n) is 4.83. The summed E-state index contributed by atoms with van der Waals surface area (Å²) in [5.41, 5.74) is 1.07. The van der Waals surface area contributed by atoms with E-state index < -0.39 is 0 Å². The van der Waals surface area contributed by atoms with Crippen LogP contribution >= 0.6 is 15.9 Å². The zero-order chi connectivity index (χ0) is 11.2. The summed E-state index contributed by atoms with van der Waals surface area (Å²) in [6.07, 6.45) is 0. The Morgan fingerprint density at radius 3 is 2.25 bits per heavy atom. The Morgan fingerprint density at radius 1 is 0.875 bits per heavy atom. The van der Waals surface area contributed by atoms with Gasteiger partial charge in [-0.05, 0) is 0 Å². The number of hydrogen-bond donors (Lipinski definition) is 0. The molecule has 0 unspecified atom stereocenters. The van der Waals surface area contributed by atoms with Crippen LogP contribution in [0.5, 0.6) is 0 Å². The predicted molar refractivity (Wildman–Crippen MR) is 72.9 cm³/mol. The first-order valence-corrected chi connectivity index (χ1v) is 7.34. The molecule has 0 N–H and O–H groups in total. The van der Waals surface area contributed by atoms with Crippen molar-refractivity contribution in [2.24, 2.45) is 0 Å². The van der Waals surface area contributed by atoms with Gasteiger partial charge in [-0.1, -0.05) is 0 Å². The van der Waals surface area contributed by atoms with Gasteiger partial charge in [-0.2, -0.15) is 0 Å². The summed E-state index contributed by atoms with van der Waals surface area (Å²) in [5, 5.41) is 0. The third-order valence-electron chi connectivity index (χ3n) is 1.95. The van der Waals surface area contributed by atoms with Crippen molar-refractivity contribution in [2.75, 3.05) is 0 Å². The molecule has 0 fully saturated rings. The van der Waals surface area contributed by atoms with Gasteiger partial charge in [-0.3, -0.25) is 0 Å². The van der Waals surface area contributed by atoms with Crippen molar-refractivity contribution < 1.29 is 0 Å². The average molecular weight is 336 g/mol. The Balaban J connectivity index is 2.03. The summed E-state index contributed by atoms with van der Waals surface area (Å²) in [4.78, 5) is 3.23. The molecule has 0 spiro atoms. The van der Waals surface area contributed by atoms with E-state index in [4.69, 9.17) is 0 Å². The van der Waals surface area contributed by atoms with Crippen LogP contribution in [0.4, 0.5) is 0 Å². The van der Waals surface area contributed by atoms with Gasteiger partial charge in [0.1, 0.15) is 0 Å². The fourth-order valence-electron chi connectivity index (χ4n) is 1.17. The molecule has 0 bridgehead atoms. The number of rotatable bonds is 1. The van der Waals surface area contributed by atoms with Gasteiger partial charge in [0.25, 0.3) is 0 Å². The summed E-state index contributed by atoms with van der Waals surface area (Å²) >= 11 is 3.65. The SMILES string of the molecule is Brc1ccc(C#C[Se]c2ccccc2)cc1. The fraction of sp³-hybridized carbons (Fsp3) is 0. The van der Waals surface area contributed by atoms with Crippen molar-refractivity contribution in [1.82, 2.24) is 0 Å². The van der Waals surface area contributed by atoms with Crippen LogP contribution in [0.25, 0.3) is 0 Å². The first-order chi connectivity index (χ1) is 7.84. The van der Waals surface area contributed by atoms with Crippen molar-refractivity contribution in [3.05, 3.63) is 64.6 Å². The molecule has 78 valence electrons. The zero-order valence-electron chi connectivity index (χ0n) is 8.48. The minimum absolute atomic E-state index is 0.244. The van der Waals surface area contributed by atoms with E-state index in [1.54, 1.807) is 0 Å². The standard InChI is InChI=1S/C14H9BrSe/c15-13-8-6-12(7-9-13)10-11-16-14-4-2-1-3-5-14/h1-9H. The van der Waals surface area contributed by atoms with Gasteiger partial charge in [-0.25, -0.2) is 0 Å². The molecule has 2 rings (SSSR count). The van der Waals surface area contributed by atoms with Crippen molar-refractivity contribution in [2.45, 2.75) is 0 Å². The Kier molecular flexibility index (Phi) is 4.25. The molecule has 0 aliphatic heterocycles. The minimum atomic E-state index is 0.244. The Hall–Kier alpha value is -1.00. The van der Waals surface area contributed by atoms with Gasteiger partial charge in [0, 0.05) is 0 Å². The van der Waals surface area contributed by atoms with E-state index in [-0.39, 0.29) is 15.0 Å². The normalized spacial score (nSPS) is 9.31. The van der Waals surface area contributed by atoms with Gasteiger partial charge in [0.05, 0.1) is 0 Å². The van der Waals surface area contributed by atoms with Crippen LogP contribution in [0.2, 0.25) is 0 Å². The van der Waals surface area contributed by atoms with E-state index in [1.807, 2.05) is 30.3 Å². The maximum atomic E-state index is 3.41. The topological polar surface area (TPSA) is 0 Å². The molecule has 0 amide bonds. The Bertz CT molecular complexity index is 506. The molecule has 0 nitrogen and oxygen atoms in total. The molecule has 0 aliphatic carbocycles. The molecule has 0 saturated carbocycles. The average Bonchev–Trinajstić information content (AvgIpc) is 2.33. The van der Waals surface area contributed by atoms with Crippen LogP contribution in [-0.2, 0) is 0 Å². The molecule has 0 radical (unpaired) electrons. The molecular formula is C14H9BrSe. The number of hydrogen-bond acceptors (Lipinski definition) is 0. The molecule has 0 aliphatic rings. The van der Waals surface area contributed by atoms with Gasteiger partial charge in [0.2, 0.25) is 0 Å². The second-order valence-electron chi connectivity index (χ2n) is 3.15. The summed E-state index contributed by atoms with van der Waals surface area (Å²) < 4.78 is 2.41. The summed E-state index contributed by atoms with van der Waals surface area (Å²) in [6.45, 7) is 0. The van der Waals surface area contributed by atoms with Crippen LogP contribution in [0, 0.1) is 10.7 Å². The number of halogens is 1. The van der Waals surface area contributed by atoms with E-state index in [2.05, 4.69) is 50.9 Å². The van der Waals surface area contributed by atoms with E-state index in [0.717, 1.165) is 10.0 Å². The van der Waals surface area contributed by atoms with Crippen LogP contribution < -0.4 is 4.46 Å². The summed E-state index contributed by atoms with van der Waals surface area (Å²) in [5.74, 6) is 3.18. The monoisotopic (exact) mass is 336 g/mol. The molecule has 0 saturated heterocycles. The first kappa shape index (κ1) is 11.5. The molecule has 2 aromatic carbocycles. The Labute approximate surface area is 110 Å². The van der Waals surface area contributed by atoms with Crippen LogP contribution in [0.1, 0.15) is 5.56 Å². The van der Waals surface area contributed by atoms with Crippen molar-refractivity contribution in [3.63, 3.8) is 0 Å². The van der Waals surface area contributed by atoms with E-state index in [0.29, 0.717) is 0 Å². The van der Waals surface area contributed by atoms with Crippen molar-refractivity contribution >= 4 is 35.3 Å². The molecule has 2 heteroatoms. The third kappa shape index (κ3) is 3.54. The van der Waals surface area contributed by atoms with Crippen LogP contribution in [0.3, 0.4) is 0 Å². The van der Waals surface area contributed by atoms with Gasteiger partial charge < -0.3 is 0 Å². The maximum absolute atomic E-state index is 3.41. The molecule has 0 atom stereocenters. The molecule has 16 heavy (non-hydrogen) atoms. The second kappa shape index (κ2) is 5.91. The van der Waals surface area contributed by atoms with Gasteiger partial charge in [-0.15, -0.1) is 0 Å². The summed E-state index contributed by atoms with van der Waals surface area (Å²) in [6, 6.07) is 18.5. The van der Waals surface area contributed by atoms with E-state index in [1.165, 1.54) is 4.46 Å².